The van der Waals surface area contributed by atoms with E-state index in [4.69, 9.17) is 49.6 Å². The van der Waals surface area contributed by atoms with E-state index in [9.17, 15) is 14.7 Å². The average molecular weight is 752 g/mol. The zero-order chi connectivity index (χ0) is 36.0. The molecule has 1 aliphatic heterocycles. The number of ether oxygens (including phenoxy) is 1. The number of benzene rings is 1. The second-order valence-electron chi connectivity index (χ2n) is 13.4. The fourth-order valence-electron chi connectivity index (χ4n) is 6.82. The molecule has 0 bridgehead atoms. The van der Waals surface area contributed by atoms with Crippen LogP contribution in [-0.4, -0.2) is 66.5 Å². The minimum atomic E-state index is -0.651. The molecule has 15 heteroatoms. The molecule has 1 amide bonds. The first-order chi connectivity index (χ1) is 24.4. The summed E-state index contributed by atoms with van der Waals surface area (Å²) in [5, 5.41) is 25.6. The number of amides is 1. The van der Waals surface area contributed by atoms with Gasteiger partial charge in [0.2, 0.25) is 11.8 Å². The minimum absolute atomic E-state index is 0.0641. The Balaban J connectivity index is 1.16. The summed E-state index contributed by atoms with van der Waals surface area (Å²) in [6.07, 6.45) is 6.01. The van der Waals surface area contributed by atoms with Gasteiger partial charge in [-0.05, 0) is 44.4 Å². The second kappa shape index (κ2) is 14.2. The average Bonchev–Trinajstić information content (AvgIpc) is 3.71. The summed E-state index contributed by atoms with van der Waals surface area (Å²) >= 11 is 20.9. The van der Waals surface area contributed by atoms with Gasteiger partial charge in [-0.25, -0.2) is 9.50 Å². The highest BCUT2D eigenvalue weighted by molar-refractivity contribution is 6.39. The molecule has 0 radical (unpaired) electrons. The predicted octanol–water partition coefficient (Wildman–Crippen LogP) is 5.16. The van der Waals surface area contributed by atoms with Gasteiger partial charge in [-0.2, -0.15) is 5.10 Å². The van der Waals surface area contributed by atoms with Crippen molar-refractivity contribution in [3.63, 3.8) is 0 Å². The minimum Gasteiger partial charge on any atom is -0.481 e. The van der Waals surface area contributed by atoms with Crippen LogP contribution in [0.1, 0.15) is 44.0 Å². The van der Waals surface area contributed by atoms with Crippen LogP contribution in [0.3, 0.4) is 0 Å². The summed E-state index contributed by atoms with van der Waals surface area (Å²) < 4.78 is 8.71. The van der Waals surface area contributed by atoms with Gasteiger partial charge in [0.1, 0.15) is 11.3 Å². The highest BCUT2D eigenvalue weighted by Crippen LogP contribution is 2.42. The molecule has 5 aromatic rings. The SMILES string of the molecule is COc1nc(-c2cccc(-c3ccnc(-c4cc5c(=O)n(C)c(CNC6CC(C)(O)C6)nn5c4)c3Cl)c2Cl)cc(Cl)c1CNC[C@@H]1CCC(=O)N1. The number of aromatic nitrogens is 5. The highest BCUT2D eigenvalue weighted by atomic mass is 35.5. The number of hydrogen-bond donors (Lipinski definition) is 4. The summed E-state index contributed by atoms with van der Waals surface area (Å²) in [6.45, 7) is 3.21. The van der Waals surface area contributed by atoms with Crippen molar-refractivity contribution < 1.29 is 14.6 Å². The van der Waals surface area contributed by atoms with Gasteiger partial charge in [0.15, 0.2) is 0 Å². The van der Waals surface area contributed by atoms with Crippen LogP contribution in [0.4, 0.5) is 0 Å². The third-order valence-corrected chi connectivity index (χ3v) is 10.7. The maximum absolute atomic E-state index is 13.3. The molecule has 0 unspecified atom stereocenters. The van der Waals surface area contributed by atoms with Crippen molar-refractivity contribution in [2.75, 3.05) is 13.7 Å². The molecule has 266 valence electrons. The van der Waals surface area contributed by atoms with Crippen molar-refractivity contribution in [3.8, 4) is 39.5 Å². The van der Waals surface area contributed by atoms with Gasteiger partial charge in [0.05, 0.1) is 45.7 Å². The second-order valence-corrected chi connectivity index (χ2v) is 14.6. The number of nitrogens with zero attached hydrogens (tertiary/aromatic N) is 5. The largest absolute Gasteiger partial charge is 0.481 e. The van der Waals surface area contributed by atoms with E-state index in [1.807, 2.05) is 25.1 Å². The van der Waals surface area contributed by atoms with Gasteiger partial charge in [-0.3, -0.25) is 19.1 Å². The Morgan fingerprint density at radius 2 is 1.84 bits per heavy atom. The van der Waals surface area contributed by atoms with Crippen LogP contribution in [0, 0.1) is 0 Å². The number of hydrogen-bond acceptors (Lipinski definition) is 9. The maximum Gasteiger partial charge on any atom is 0.277 e. The summed E-state index contributed by atoms with van der Waals surface area (Å²) in [6, 6.07) is 11.1. The van der Waals surface area contributed by atoms with Gasteiger partial charge >= 0.3 is 0 Å². The molecule has 51 heavy (non-hydrogen) atoms. The highest BCUT2D eigenvalue weighted by Gasteiger charge is 2.38. The third kappa shape index (κ3) is 7.09. The van der Waals surface area contributed by atoms with Gasteiger partial charge in [0, 0.05) is 78.9 Å². The summed E-state index contributed by atoms with van der Waals surface area (Å²) in [7, 11) is 3.23. The summed E-state index contributed by atoms with van der Waals surface area (Å²) in [5.41, 5.74) is 3.76. The lowest BCUT2D eigenvalue weighted by atomic mass is 9.77. The number of fused-ring (bicyclic) bond motifs is 1. The maximum atomic E-state index is 13.3. The zero-order valence-corrected chi connectivity index (χ0v) is 30.5. The lowest BCUT2D eigenvalue weighted by Gasteiger charge is -2.41. The Bertz CT molecular complexity index is 2210. The normalized spacial score (nSPS) is 20.1. The van der Waals surface area contributed by atoms with E-state index in [1.54, 1.807) is 42.2 Å². The van der Waals surface area contributed by atoms with E-state index in [0.717, 1.165) is 6.42 Å². The number of pyridine rings is 2. The zero-order valence-electron chi connectivity index (χ0n) is 28.3. The Morgan fingerprint density at radius 1 is 1.08 bits per heavy atom. The Hall–Kier alpha value is -4.04. The fourth-order valence-corrected chi connectivity index (χ4v) is 7.72. The molecule has 12 nitrogen and oxygen atoms in total. The van der Waals surface area contributed by atoms with Crippen LogP contribution in [0.15, 0.2) is 53.6 Å². The Morgan fingerprint density at radius 3 is 2.57 bits per heavy atom. The first kappa shape index (κ1) is 35.4. The van der Waals surface area contributed by atoms with Gasteiger partial charge in [0.25, 0.3) is 5.56 Å². The molecule has 0 spiro atoms. The monoisotopic (exact) mass is 750 g/mol. The number of carbonyl (C=O) groups excluding carboxylic acids is 1. The molecule has 5 heterocycles. The molecular weight excluding hydrogens is 715 g/mol. The molecule has 1 saturated heterocycles. The van der Waals surface area contributed by atoms with E-state index in [1.165, 1.54) is 11.7 Å². The van der Waals surface area contributed by atoms with Crippen LogP contribution in [0.5, 0.6) is 5.88 Å². The van der Waals surface area contributed by atoms with Crippen LogP contribution < -0.4 is 26.2 Å². The predicted molar refractivity (Wildman–Crippen MR) is 197 cm³/mol. The topological polar surface area (TPSA) is 148 Å². The molecule has 7 rings (SSSR count). The van der Waals surface area contributed by atoms with E-state index in [2.05, 4.69) is 20.9 Å². The lowest BCUT2D eigenvalue weighted by Crippen LogP contribution is -2.51. The fraction of sp³-hybridized carbons (Fsp3) is 0.361. The first-order valence-corrected chi connectivity index (χ1v) is 17.8. The van der Waals surface area contributed by atoms with E-state index in [-0.39, 0.29) is 23.6 Å². The van der Waals surface area contributed by atoms with Crippen molar-refractivity contribution in [3.05, 3.63) is 85.6 Å². The first-order valence-electron chi connectivity index (χ1n) is 16.6. The van der Waals surface area contributed by atoms with Crippen molar-refractivity contribution in [1.82, 2.24) is 40.1 Å². The third-order valence-electron chi connectivity index (χ3n) is 9.59. The summed E-state index contributed by atoms with van der Waals surface area (Å²) in [4.78, 5) is 34.2. The van der Waals surface area contributed by atoms with Crippen LogP contribution >= 0.6 is 34.8 Å². The number of methoxy groups -OCH3 is 1. The number of carbonyl (C=O) groups is 1. The molecule has 1 aliphatic carbocycles. The molecule has 1 saturated carbocycles. The summed E-state index contributed by atoms with van der Waals surface area (Å²) in [5.74, 6) is 0.988. The Labute approximate surface area is 309 Å². The van der Waals surface area contributed by atoms with Crippen LogP contribution in [0.25, 0.3) is 39.2 Å². The molecule has 1 atom stereocenters. The van der Waals surface area contributed by atoms with E-state index >= 15 is 0 Å². The number of nitrogens with one attached hydrogen (secondary N) is 3. The molecular formula is C36H37Cl3N8O4. The smallest absolute Gasteiger partial charge is 0.277 e. The van der Waals surface area contributed by atoms with E-state index < -0.39 is 5.60 Å². The van der Waals surface area contributed by atoms with Crippen molar-refractivity contribution >= 4 is 46.2 Å². The van der Waals surface area contributed by atoms with Gasteiger partial charge in [-0.1, -0.05) is 53.0 Å². The lowest BCUT2D eigenvalue weighted by molar-refractivity contribution is -0.119. The standard InChI is InChI=1S/C36H37Cl3N8O4/c1-36(50)13-21(14-36)42-17-29-45-47-18-19(11-28(47)35(49)46(29)2)33-32(39)23(9-10-41-33)22-5-4-6-24(31(22)38)27-12-26(37)25(34(44-27)51-3)16-40-15-20-7-8-30(48)43-20/h4-6,9-12,18,20-21,40,42,50H,7-8,13-17H2,1-3H3,(H,43,48)/t20-,21?,36?/m0/s1. The van der Waals surface area contributed by atoms with Gasteiger partial charge < -0.3 is 25.8 Å². The number of rotatable bonds is 11. The molecule has 2 fully saturated rings. The van der Waals surface area contributed by atoms with Gasteiger partial charge in [-0.15, -0.1) is 0 Å². The Kier molecular flexibility index (Phi) is 9.83. The van der Waals surface area contributed by atoms with Crippen molar-refractivity contribution in [2.45, 2.75) is 63.4 Å². The molecule has 4 N–H and O–H groups in total. The number of aliphatic hydroxyl groups is 1. The van der Waals surface area contributed by atoms with Crippen LogP contribution in [0.2, 0.25) is 15.1 Å². The van der Waals surface area contributed by atoms with E-state index in [0.29, 0.717) is 110 Å². The quantitative estimate of drug-likeness (QED) is 0.144. The van der Waals surface area contributed by atoms with Crippen LogP contribution in [-0.2, 0) is 24.9 Å². The van der Waals surface area contributed by atoms with Crippen molar-refractivity contribution in [2.24, 2.45) is 7.05 Å². The molecule has 2 aliphatic rings. The number of halogens is 3. The molecule has 1 aromatic carbocycles. The molecule has 4 aromatic heterocycles. The van der Waals surface area contributed by atoms with Crippen molar-refractivity contribution in [1.29, 1.82) is 0 Å².